The lowest BCUT2D eigenvalue weighted by atomic mass is 9.93. The van der Waals surface area contributed by atoms with E-state index in [9.17, 15) is 9.59 Å². The Hall–Kier alpha value is -5.05. The van der Waals surface area contributed by atoms with Gasteiger partial charge >= 0.3 is 11.7 Å². The fourth-order valence-corrected chi connectivity index (χ4v) is 6.08. The summed E-state index contributed by atoms with van der Waals surface area (Å²) in [6, 6.07) is 29.5. The predicted octanol–water partition coefficient (Wildman–Crippen LogP) is 6.71. The summed E-state index contributed by atoms with van der Waals surface area (Å²) in [5.74, 6) is 0.897. The van der Waals surface area contributed by atoms with Crippen LogP contribution in [0.15, 0.2) is 95.8 Å². The van der Waals surface area contributed by atoms with Gasteiger partial charge in [-0.25, -0.2) is 4.79 Å². The second-order valence-corrected chi connectivity index (χ2v) is 12.0. The van der Waals surface area contributed by atoms with E-state index in [1.54, 1.807) is 10.6 Å². The first kappa shape index (κ1) is 31.0. The molecule has 46 heavy (non-hydrogen) atoms. The molecule has 1 saturated heterocycles. The molecule has 6 rings (SSSR count). The Morgan fingerprint density at radius 2 is 1.50 bits per heavy atom. The summed E-state index contributed by atoms with van der Waals surface area (Å²) in [7, 11) is 1.44. The van der Waals surface area contributed by atoms with Crippen molar-refractivity contribution in [3.05, 3.63) is 113 Å². The lowest BCUT2D eigenvalue weighted by Crippen LogP contribution is -2.34. The molecule has 9 heteroatoms. The fourth-order valence-electron chi connectivity index (χ4n) is 6.08. The van der Waals surface area contributed by atoms with Crippen LogP contribution in [0.4, 0.5) is 5.69 Å². The molecule has 238 valence electrons. The van der Waals surface area contributed by atoms with Gasteiger partial charge in [0, 0.05) is 37.3 Å². The Balaban J connectivity index is 1.35. The normalized spacial score (nSPS) is 13.7. The molecule has 0 aliphatic carbocycles. The minimum Gasteiger partial charge on any atom is -0.473 e. The third-order valence-electron chi connectivity index (χ3n) is 8.54. The second kappa shape index (κ2) is 13.9. The van der Waals surface area contributed by atoms with Gasteiger partial charge in [-0.05, 0) is 68.0 Å². The molecule has 9 nitrogen and oxygen atoms in total. The smallest absolute Gasteiger partial charge is 0.334 e. The van der Waals surface area contributed by atoms with Crippen LogP contribution >= 0.6 is 0 Å². The zero-order chi connectivity index (χ0) is 32.0. The number of fused-ring (bicyclic) bond motifs is 1. The molecule has 3 aromatic carbocycles. The highest BCUT2D eigenvalue weighted by molar-refractivity contribution is 5.83. The van der Waals surface area contributed by atoms with E-state index in [1.165, 1.54) is 7.11 Å². The molecule has 0 spiro atoms. The number of nitrogens with zero attached hydrogens (tertiary/aromatic N) is 4. The van der Waals surface area contributed by atoms with Crippen LogP contribution in [0.3, 0.4) is 0 Å². The van der Waals surface area contributed by atoms with E-state index in [4.69, 9.17) is 19.2 Å². The zero-order valence-electron chi connectivity index (χ0n) is 26.6. The Morgan fingerprint density at radius 1 is 0.848 bits per heavy atom. The van der Waals surface area contributed by atoms with Gasteiger partial charge in [0.05, 0.1) is 18.1 Å². The van der Waals surface area contributed by atoms with Crippen molar-refractivity contribution in [3.8, 4) is 17.4 Å². The average Bonchev–Trinajstić information content (AvgIpc) is 3.38. The lowest BCUT2D eigenvalue weighted by Gasteiger charge is -2.33. The van der Waals surface area contributed by atoms with Gasteiger partial charge in [-0.3, -0.25) is 13.9 Å². The minimum absolute atomic E-state index is 0.0765. The summed E-state index contributed by atoms with van der Waals surface area (Å²) in [5.41, 5.74) is 5.07. The number of imidazole rings is 1. The Kier molecular flexibility index (Phi) is 9.38. The number of hydrogen-bond donors (Lipinski definition) is 0. The summed E-state index contributed by atoms with van der Waals surface area (Å²) < 4.78 is 20.7. The molecule has 1 aliphatic heterocycles. The number of rotatable bonds is 11. The van der Waals surface area contributed by atoms with Crippen LogP contribution < -0.4 is 20.1 Å². The Labute approximate surface area is 269 Å². The molecule has 2 aromatic heterocycles. The minimum atomic E-state index is -0.164. The number of piperidine rings is 1. The second-order valence-electron chi connectivity index (χ2n) is 12.0. The maximum absolute atomic E-state index is 14.2. The lowest BCUT2D eigenvalue weighted by molar-refractivity contribution is -0.141. The highest BCUT2D eigenvalue weighted by Gasteiger charge is 2.25. The molecule has 5 aromatic rings. The number of benzene rings is 3. The van der Waals surface area contributed by atoms with E-state index in [0.29, 0.717) is 36.4 Å². The quantitative estimate of drug-likeness (QED) is 0.152. The van der Waals surface area contributed by atoms with Crippen molar-refractivity contribution in [2.45, 2.75) is 52.4 Å². The van der Waals surface area contributed by atoms with Gasteiger partial charge in [-0.15, -0.1) is 0 Å². The van der Waals surface area contributed by atoms with Crippen molar-refractivity contribution in [2.75, 3.05) is 25.1 Å². The SMILES string of the molecule is COC(=O)CC1CCN(c2ccc3c(c2)n(C(C)C)c(=O)n3-c2ccc(OCc3ccccc3)nc2OCc2ccccc2)CC1. The number of ether oxygens (including phenoxy) is 3. The largest absolute Gasteiger partial charge is 0.473 e. The van der Waals surface area contributed by atoms with E-state index < -0.39 is 0 Å². The number of aromatic nitrogens is 3. The van der Waals surface area contributed by atoms with Crippen molar-refractivity contribution < 1.29 is 19.0 Å². The molecule has 0 saturated carbocycles. The highest BCUT2D eigenvalue weighted by atomic mass is 16.5. The fraction of sp³-hybridized carbons (Fsp3) is 0.324. The molecule has 0 atom stereocenters. The number of hydrogen-bond acceptors (Lipinski definition) is 7. The van der Waals surface area contributed by atoms with Gasteiger partial charge in [0.1, 0.15) is 18.9 Å². The third kappa shape index (κ3) is 6.78. The molecule has 0 unspecified atom stereocenters. The van der Waals surface area contributed by atoms with Gasteiger partial charge in [0.2, 0.25) is 11.8 Å². The van der Waals surface area contributed by atoms with E-state index >= 15 is 0 Å². The topological polar surface area (TPSA) is 87.8 Å². The first-order valence-corrected chi connectivity index (χ1v) is 15.8. The van der Waals surface area contributed by atoms with Crippen LogP contribution in [0.5, 0.6) is 11.8 Å². The van der Waals surface area contributed by atoms with E-state index in [1.807, 2.05) is 91.2 Å². The van der Waals surface area contributed by atoms with Crippen LogP contribution in [0.1, 0.15) is 50.3 Å². The molecular formula is C37H40N4O5. The van der Waals surface area contributed by atoms with E-state index in [2.05, 4.69) is 17.0 Å². The van der Waals surface area contributed by atoms with Crippen molar-refractivity contribution in [3.63, 3.8) is 0 Å². The Morgan fingerprint density at radius 3 is 2.13 bits per heavy atom. The number of carbonyl (C=O) groups excluding carboxylic acids is 1. The van der Waals surface area contributed by atoms with Crippen LogP contribution in [-0.4, -0.2) is 40.3 Å². The average molecular weight is 621 g/mol. The van der Waals surface area contributed by atoms with Crippen molar-refractivity contribution in [2.24, 2.45) is 5.92 Å². The van der Waals surface area contributed by atoms with E-state index in [0.717, 1.165) is 53.8 Å². The molecular weight excluding hydrogens is 580 g/mol. The number of esters is 1. The van der Waals surface area contributed by atoms with Crippen LogP contribution in [0, 0.1) is 5.92 Å². The third-order valence-corrected chi connectivity index (χ3v) is 8.54. The molecule has 3 heterocycles. The van der Waals surface area contributed by atoms with Crippen LogP contribution in [0.25, 0.3) is 16.7 Å². The van der Waals surface area contributed by atoms with Gasteiger partial charge < -0.3 is 19.1 Å². The number of anilines is 1. The highest BCUT2D eigenvalue weighted by Crippen LogP contribution is 2.32. The predicted molar refractivity (Wildman–Crippen MR) is 179 cm³/mol. The van der Waals surface area contributed by atoms with Crippen molar-refractivity contribution in [1.82, 2.24) is 14.1 Å². The van der Waals surface area contributed by atoms with Gasteiger partial charge in [-0.2, -0.15) is 4.98 Å². The van der Waals surface area contributed by atoms with Crippen LogP contribution in [-0.2, 0) is 22.7 Å². The number of pyridine rings is 1. The number of carbonyl (C=O) groups is 1. The molecule has 1 aliphatic rings. The van der Waals surface area contributed by atoms with Gasteiger partial charge in [-0.1, -0.05) is 60.7 Å². The monoisotopic (exact) mass is 620 g/mol. The summed E-state index contributed by atoms with van der Waals surface area (Å²) in [6.45, 7) is 6.36. The molecule has 0 radical (unpaired) electrons. The van der Waals surface area contributed by atoms with Crippen LogP contribution in [0.2, 0.25) is 0 Å². The van der Waals surface area contributed by atoms with E-state index in [-0.39, 0.29) is 24.3 Å². The van der Waals surface area contributed by atoms with Crippen molar-refractivity contribution >= 4 is 22.7 Å². The molecule has 1 fully saturated rings. The molecule has 0 amide bonds. The standard InChI is InChI=1S/C37H40N4O5/c1-26(2)40-33-23-30(39-20-18-27(19-21-39)22-35(42)44-3)14-15-31(33)41(37(40)43)32-16-17-34(45-24-28-10-6-4-7-11-28)38-36(32)46-25-29-12-8-5-9-13-29/h4-17,23,26-27H,18-22,24-25H2,1-3H3. The zero-order valence-corrected chi connectivity index (χ0v) is 26.6. The first-order valence-electron chi connectivity index (χ1n) is 15.8. The molecule has 0 bridgehead atoms. The summed E-state index contributed by atoms with van der Waals surface area (Å²) in [5, 5.41) is 0. The maximum Gasteiger partial charge on any atom is 0.334 e. The number of methoxy groups -OCH3 is 1. The Bertz CT molecular complexity index is 1840. The summed E-state index contributed by atoms with van der Waals surface area (Å²) >= 11 is 0. The summed E-state index contributed by atoms with van der Waals surface area (Å²) in [4.78, 5) is 33.0. The first-order chi connectivity index (χ1) is 22.4. The van der Waals surface area contributed by atoms with Gasteiger partial charge in [0.25, 0.3) is 0 Å². The maximum atomic E-state index is 14.2. The summed E-state index contributed by atoms with van der Waals surface area (Å²) in [6.07, 6.45) is 2.28. The molecule has 0 N–H and O–H groups in total. The van der Waals surface area contributed by atoms with Crippen molar-refractivity contribution in [1.29, 1.82) is 0 Å². The van der Waals surface area contributed by atoms with Gasteiger partial charge in [0.15, 0.2) is 0 Å².